The van der Waals surface area contributed by atoms with Gasteiger partial charge in [0.2, 0.25) is 0 Å². The van der Waals surface area contributed by atoms with Crippen molar-refractivity contribution in [2.24, 2.45) is 5.84 Å². The van der Waals surface area contributed by atoms with Crippen molar-refractivity contribution < 1.29 is 9.13 Å². The molecule has 0 aliphatic carbocycles. The molecule has 88 valence electrons. The van der Waals surface area contributed by atoms with Crippen molar-refractivity contribution in [3.05, 3.63) is 48.2 Å². The summed E-state index contributed by atoms with van der Waals surface area (Å²) in [4.78, 5) is 8.00. The van der Waals surface area contributed by atoms with Gasteiger partial charge in [0, 0.05) is 0 Å². The molecular formula is C11H11FN4O. The third kappa shape index (κ3) is 2.88. The van der Waals surface area contributed by atoms with Crippen molar-refractivity contribution in [2.45, 2.75) is 6.61 Å². The van der Waals surface area contributed by atoms with Crippen LogP contribution in [0.25, 0.3) is 0 Å². The van der Waals surface area contributed by atoms with E-state index < -0.39 is 5.82 Å². The maximum absolute atomic E-state index is 13.2. The molecule has 1 aromatic carbocycles. The van der Waals surface area contributed by atoms with E-state index in [9.17, 15) is 4.39 Å². The Morgan fingerprint density at radius 2 is 2.06 bits per heavy atom. The number of nitrogen functional groups attached to an aromatic ring is 1. The molecule has 0 amide bonds. The van der Waals surface area contributed by atoms with Crippen LogP contribution in [0.3, 0.4) is 0 Å². The van der Waals surface area contributed by atoms with E-state index in [1.807, 2.05) is 0 Å². The van der Waals surface area contributed by atoms with Gasteiger partial charge in [-0.25, -0.2) is 15.2 Å². The van der Waals surface area contributed by atoms with Crippen LogP contribution in [-0.4, -0.2) is 9.97 Å². The molecule has 0 radical (unpaired) electrons. The van der Waals surface area contributed by atoms with Crippen molar-refractivity contribution in [1.29, 1.82) is 0 Å². The third-order valence-electron chi connectivity index (χ3n) is 2.07. The molecule has 6 heteroatoms. The first-order valence-corrected chi connectivity index (χ1v) is 4.94. The molecule has 0 spiro atoms. The molecule has 0 aliphatic heterocycles. The van der Waals surface area contributed by atoms with Crippen LogP contribution < -0.4 is 16.0 Å². The number of ether oxygens (including phenoxy) is 1. The molecule has 1 aromatic heterocycles. The molecule has 0 unspecified atom stereocenters. The maximum Gasteiger partial charge on any atom is 0.165 e. The fourth-order valence-electron chi connectivity index (χ4n) is 1.22. The first kappa shape index (κ1) is 11.3. The van der Waals surface area contributed by atoms with Crippen LogP contribution in [0.15, 0.2) is 36.7 Å². The molecular weight excluding hydrogens is 223 g/mol. The summed E-state index contributed by atoms with van der Waals surface area (Å²) in [5, 5.41) is 0. The molecule has 0 atom stereocenters. The Labute approximate surface area is 97.4 Å². The van der Waals surface area contributed by atoms with Crippen LogP contribution >= 0.6 is 0 Å². The van der Waals surface area contributed by atoms with E-state index in [4.69, 9.17) is 10.6 Å². The van der Waals surface area contributed by atoms with Crippen LogP contribution in [0.2, 0.25) is 0 Å². The van der Waals surface area contributed by atoms with Crippen LogP contribution in [0.4, 0.5) is 10.2 Å². The van der Waals surface area contributed by atoms with Gasteiger partial charge in [-0.3, -0.25) is 4.98 Å². The third-order valence-corrected chi connectivity index (χ3v) is 2.07. The number of hydrogen-bond donors (Lipinski definition) is 2. The number of benzene rings is 1. The lowest BCUT2D eigenvalue weighted by atomic mass is 10.3. The second-order valence-corrected chi connectivity index (χ2v) is 3.26. The monoisotopic (exact) mass is 234 g/mol. The zero-order valence-electron chi connectivity index (χ0n) is 8.93. The summed E-state index contributed by atoms with van der Waals surface area (Å²) in [5.41, 5.74) is 2.95. The van der Waals surface area contributed by atoms with Gasteiger partial charge in [-0.1, -0.05) is 12.1 Å². The van der Waals surface area contributed by atoms with Gasteiger partial charge in [0.25, 0.3) is 0 Å². The lowest BCUT2D eigenvalue weighted by Gasteiger charge is -2.06. The summed E-state index contributed by atoms with van der Waals surface area (Å²) in [6.07, 6.45) is 2.98. The Kier molecular flexibility index (Phi) is 3.46. The standard InChI is InChI=1S/C11H11FN4O/c12-9-3-1-2-4-10(9)17-7-8-5-15-11(16-13)6-14-8/h1-6H,7,13H2,(H,15,16). The highest BCUT2D eigenvalue weighted by atomic mass is 19.1. The smallest absolute Gasteiger partial charge is 0.165 e. The number of nitrogens with two attached hydrogens (primary N) is 1. The average Bonchev–Trinajstić information content (AvgIpc) is 2.38. The second kappa shape index (κ2) is 5.22. The fourth-order valence-corrected chi connectivity index (χ4v) is 1.22. The molecule has 1 heterocycles. The molecule has 3 N–H and O–H groups in total. The summed E-state index contributed by atoms with van der Waals surface area (Å²) in [6, 6.07) is 6.19. The quantitative estimate of drug-likeness (QED) is 0.619. The molecule has 2 aromatic rings. The van der Waals surface area contributed by atoms with Crippen molar-refractivity contribution in [1.82, 2.24) is 9.97 Å². The minimum absolute atomic E-state index is 0.152. The highest BCUT2D eigenvalue weighted by molar-refractivity contribution is 5.28. The van der Waals surface area contributed by atoms with Gasteiger partial charge >= 0.3 is 0 Å². The first-order chi connectivity index (χ1) is 8.29. The molecule has 0 aliphatic rings. The maximum atomic E-state index is 13.2. The number of para-hydroxylation sites is 1. The molecule has 0 saturated carbocycles. The predicted molar refractivity (Wildman–Crippen MR) is 60.6 cm³/mol. The van der Waals surface area contributed by atoms with Gasteiger partial charge < -0.3 is 10.2 Å². The topological polar surface area (TPSA) is 73.1 Å². The second-order valence-electron chi connectivity index (χ2n) is 3.26. The molecule has 5 nitrogen and oxygen atoms in total. The van der Waals surface area contributed by atoms with Crippen molar-refractivity contribution in [3.8, 4) is 5.75 Å². The first-order valence-electron chi connectivity index (χ1n) is 4.94. The van der Waals surface area contributed by atoms with E-state index in [0.29, 0.717) is 11.5 Å². The number of aromatic nitrogens is 2. The predicted octanol–water partition coefficient (Wildman–Crippen LogP) is 1.48. The highest BCUT2D eigenvalue weighted by Crippen LogP contribution is 2.16. The van der Waals surface area contributed by atoms with Gasteiger partial charge in [0.05, 0.1) is 18.1 Å². The number of halogens is 1. The zero-order chi connectivity index (χ0) is 12.1. The number of hydrogen-bond acceptors (Lipinski definition) is 5. The van der Waals surface area contributed by atoms with E-state index in [0.717, 1.165) is 0 Å². The van der Waals surface area contributed by atoms with Gasteiger partial charge in [-0.2, -0.15) is 0 Å². The van der Waals surface area contributed by atoms with E-state index in [2.05, 4.69) is 15.4 Å². The minimum atomic E-state index is -0.402. The Morgan fingerprint density at radius 1 is 1.24 bits per heavy atom. The number of anilines is 1. The number of hydrazine groups is 1. The molecule has 2 rings (SSSR count). The Bertz CT molecular complexity index is 489. The van der Waals surface area contributed by atoms with E-state index >= 15 is 0 Å². The molecule has 0 bridgehead atoms. The summed E-state index contributed by atoms with van der Waals surface area (Å²) in [7, 11) is 0. The minimum Gasteiger partial charge on any atom is -0.484 e. The van der Waals surface area contributed by atoms with Gasteiger partial charge in [0.15, 0.2) is 17.4 Å². The number of nitrogens with zero attached hydrogens (tertiary/aromatic N) is 2. The number of rotatable bonds is 4. The summed E-state index contributed by atoms with van der Waals surface area (Å²) in [5.74, 6) is 5.40. The van der Waals surface area contributed by atoms with E-state index in [1.54, 1.807) is 18.2 Å². The fraction of sp³-hybridized carbons (Fsp3) is 0.0909. The van der Waals surface area contributed by atoms with Crippen LogP contribution in [-0.2, 0) is 6.61 Å². The Morgan fingerprint density at radius 3 is 2.71 bits per heavy atom. The van der Waals surface area contributed by atoms with E-state index in [1.165, 1.54) is 18.5 Å². The lowest BCUT2D eigenvalue weighted by Crippen LogP contribution is -2.09. The van der Waals surface area contributed by atoms with Crippen molar-refractivity contribution in [3.63, 3.8) is 0 Å². The van der Waals surface area contributed by atoms with Gasteiger partial charge in [-0.15, -0.1) is 0 Å². The summed E-state index contributed by atoms with van der Waals surface area (Å²) < 4.78 is 18.5. The average molecular weight is 234 g/mol. The lowest BCUT2D eigenvalue weighted by molar-refractivity contribution is 0.285. The van der Waals surface area contributed by atoms with Gasteiger partial charge in [0.1, 0.15) is 6.61 Å². The SMILES string of the molecule is NNc1cnc(COc2ccccc2F)cn1. The normalized spacial score (nSPS) is 10.0. The van der Waals surface area contributed by atoms with E-state index in [-0.39, 0.29) is 12.4 Å². The zero-order valence-corrected chi connectivity index (χ0v) is 8.93. The van der Waals surface area contributed by atoms with Crippen molar-refractivity contribution in [2.75, 3.05) is 5.43 Å². The largest absolute Gasteiger partial charge is 0.484 e. The Balaban J connectivity index is 2.00. The Hall–Kier alpha value is -2.21. The van der Waals surface area contributed by atoms with Crippen LogP contribution in [0, 0.1) is 5.82 Å². The number of nitrogens with one attached hydrogen (secondary N) is 1. The summed E-state index contributed by atoms with van der Waals surface area (Å²) >= 11 is 0. The highest BCUT2D eigenvalue weighted by Gasteiger charge is 2.02. The van der Waals surface area contributed by atoms with Gasteiger partial charge in [-0.05, 0) is 12.1 Å². The van der Waals surface area contributed by atoms with Crippen LogP contribution in [0.1, 0.15) is 5.69 Å². The van der Waals surface area contributed by atoms with Crippen molar-refractivity contribution >= 4 is 5.82 Å². The molecule has 0 fully saturated rings. The van der Waals surface area contributed by atoms with Crippen LogP contribution in [0.5, 0.6) is 5.75 Å². The summed E-state index contributed by atoms with van der Waals surface area (Å²) in [6.45, 7) is 0.152. The molecule has 17 heavy (non-hydrogen) atoms. The molecule has 0 saturated heterocycles.